The van der Waals surface area contributed by atoms with Gasteiger partial charge >= 0.3 is 5.91 Å². The van der Waals surface area contributed by atoms with Gasteiger partial charge in [-0.3, -0.25) is 9.59 Å². The molecule has 0 aromatic rings. The third-order valence-corrected chi connectivity index (χ3v) is 1.71. The normalized spacial score (nSPS) is 16.3. The number of carbonyl (C=O) groups is 2. The minimum absolute atomic E-state index is 0.0523. The number of carbonyl (C=O) groups excluding carboxylic acids is 2. The Bertz CT molecular complexity index is 321. The van der Waals surface area contributed by atoms with Crippen LogP contribution in [0.3, 0.4) is 0 Å². The lowest BCUT2D eigenvalue weighted by molar-refractivity contribution is -0.131. The maximum atomic E-state index is 11.3. The average Bonchev–Trinajstić information content (AvgIpc) is 2.16. The first-order valence-electron chi connectivity index (χ1n) is 3.81. The zero-order valence-corrected chi connectivity index (χ0v) is 7.32. The molecule has 1 heterocycles. The van der Waals surface area contributed by atoms with Gasteiger partial charge in [-0.1, -0.05) is 0 Å². The van der Waals surface area contributed by atoms with Crippen molar-refractivity contribution in [3.8, 4) is 0 Å². The Morgan fingerprint density at radius 3 is 2.71 bits per heavy atom. The van der Waals surface area contributed by atoms with E-state index in [1.165, 1.54) is 0 Å². The second-order valence-corrected chi connectivity index (χ2v) is 2.65. The highest BCUT2D eigenvalue weighted by Crippen LogP contribution is 2.15. The molecule has 76 valence electrons. The van der Waals surface area contributed by atoms with Gasteiger partial charge in [0.1, 0.15) is 0 Å². The maximum Gasteiger partial charge on any atom is 0.318 e. The van der Waals surface area contributed by atoms with E-state index in [0.717, 1.165) is 0 Å². The maximum absolute atomic E-state index is 11.3. The fraction of sp³-hybridized carbons (Fsp3) is 0.286. The van der Waals surface area contributed by atoms with Crippen LogP contribution in [0, 0.1) is 5.41 Å². The van der Waals surface area contributed by atoms with E-state index < -0.39 is 5.91 Å². The van der Waals surface area contributed by atoms with Crippen LogP contribution in [-0.2, 0) is 14.3 Å². The molecule has 0 radical (unpaired) electrons. The summed E-state index contributed by atoms with van der Waals surface area (Å²) in [6.07, 6.45) is 0.679. The Morgan fingerprint density at radius 1 is 1.57 bits per heavy atom. The highest BCUT2D eigenvalue weighted by Gasteiger charge is 2.26. The summed E-state index contributed by atoms with van der Waals surface area (Å²) in [6.45, 7) is 0.172. The summed E-state index contributed by atoms with van der Waals surface area (Å²) in [6, 6.07) is 0. The molecular formula is C7H10N4O3. The van der Waals surface area contributed by atoms with E-state index in [-0.39, 0.29) is 23.7 Å². The van der Waals surface area contributed by atoms with Gasteiger partial charge in [0, 0.05) is 12.1 Å². The SMILES string of the molecule is N=C1CCOC(C(=O)N(N)N)=C1C=O. The number of nitrogens with one attached hydrogen (secondary N) is 1. The van der Waals surface area contributed by atoms with Gasteiger partial charge in [0.15, 0.2) is 12.0 Å². The molecule has 1 rings (SSSR count). The van der Waals surface area contributed by atoms with E-state index in [1.807, 2.05) is 0 Å². The van der Waals surface area contributed by atoms with Crippen molar-refractivity contribution in [1.82, 2.24) is 5.12 Å². The molecule has 0 fully saturated rings. The van der Waals surface area contributed by atoms with Gasteiger partial charge < -0.3 is 10.1 Å². The predicted octanol–water partition coefficient (Wildman–Crippen LogP) is -1.54. The second kappa shape index (κ2) is 3.99. The summed E-state index contributed by atoms with van der Waals surface area (Å²) in [5.74, 6) is 8.89. The van der Waals surface area contributed by atoms with Gasteiger partial charge in [0.25, 0.3) is 0 Å². The van der Waals surface area contributed by atoms with Crippen LogP contribution in [0.1, 0.15) is 6.42 Å². The van der Waals surface area contributed by atoms with Crippen LogP contribution in [0.15, 0.2) is 11.3 Å². The lowest BCUT2D eigenvalue weighted by Gasteiger charge is -2.20. The lowest BCUT2D eigenvalue weighted by Crippen LogP contribution is -2.45. The molecule has 0 bridgehead atoms. The molecule has 1 aliphatic heterocycles. The number of allylic oxidation sites excluding steroid dienone is 1. The molecule has 7 nitrogen and oxygen atoms in total. The summed E-state index contributed by atoms with van der Waals surface area (Å²) in [7, 11) is 0. The quantitative estimate of drug-likeness (QED) is 0.215. The largest absolute Gasteiger partial charge is 0.487 e. The zero-order valence-electron chi connectivity index (χ0n) is 7.32. The average molecular weight is 198 g/mol. The van der Waals surface area contributed by atoms with E-state index in [2.05, 4.69) is 0 Å². The molecule has 0 atom stereocenters. The number of hydrogen-bond acceptors (Lipinski definition) is 6. The van der Waals surface area contributed by atoms with Gasteiger partial charge in [-0.15, -0.1) is 0 Å². The van der Waals surface area contributed by atoms with Crippen LogP contribution in [0.5, 0.6) is 0 Å². The number of rotatable bonds is 2. The van der Waals surface area contributed by atoms with E-state index in [9.17, 15) is 9.59 Å². The molecule has 5 N–H and O–H groups in total. The molecule has 0 aliphatic carbocycles. The first kappa shape index (κ1) is 10.4. The fourth-order valence-corrected chi connectivity index (χ4v) is 1.02. The second-order valence-electron chi connectivity index (χ2n) is 2.65. The third kappa shape index (κ3) is 1.78. The van der Waals surface area contributed by atoms with Gasteiger partial charge in [-0.05, 0) is 0 Å². The summed E-state index contributed by atoms with van der Waals surface area (Å²) >= 11 is 0. The third-order valence-electron chi connectivity index (χ3n) is 1.71. The molecule has 0 spiro atoms. The van der Waals surface area contributed by atoms with Crippen molar-refractivity contribution in [3.05, 3.63) is 11.3 Å². The van der Waals surface area contributed by atoms with Gasteiger partial charge in [-0.25, -0.2) is 16.8 Å². The lowest BCUT2D eigenvalue weighted by atomic mass is 10.1. The number of amides is 1. The molecule has 1 amide bonds. The number of aldehydes is 1. The van der Waals surface area contributed by atoms with Crippen molar-refractivity contribution in [2.75, 3.05) is 6.61 Å². The predicted molar refractivity (Wildman–Crippen MR) is 46.6 cm³/mol. The van der Waals surface area contributed by atoms with E-state index in [4.69, 9.17) is 21.8 Å². The van der Waals surface area contributed by atoms with E-state index in [1.54, 1.807) is 0 Å². The van der Waals surface area contributed by atoms with E-state index >= 15 is 0 Å². The van der Waals surface area contributed by atoms with Gasteiger partial charge in [0.2, 0.25) is 0 Å². The molecule has 1 aliphatic rings. The number of ether oxygens (including phenoxy) is 1. The Kier molecular flexibility index (Phi) is 2.95. The summed E-state index contributed by atoms with van der Waals surface area (Å²) < 4.78 is 4.93. The molecular weight excluding hydrogens is 188 g/mol. The van der Waals surface area contributed by atoms with Crippen molar-refractivity contribution in [3.63, 3.8) is 0 Å². The van der Waals surface area contributed by atoms with Crippen molar-refractivity contribution in [2.24, 2.45) is 11.7 Å². The molecule has 0 unspecified atom stereocenters. The number of nitrogens with zero attached hydrogens (tertiary/aromatic N) is 1. The molecule has 7 heteroatoms. The van der Waals surface area contributed by atoms with Crippen LogP contribution in [0.25, 0.3) is 0 Å². The standard InChI is InChI=1S/C7H10N4O3/c8-5-1-2-14-6(4(5)3-12)7(13)11(9)10/h3,8H,1-2,9-10H2. The van der Waals surface area contributed by atoms with Crippen LogP contribution >= 0.6 is 0 Å². The number of hydrazine groups is 2. The van der Waals surface area contributed by atoms with Crippen molar-refractivity contribution >= 4 is 17.9 Å². The van der Waals surface area contributed by atoms with Crippen molar-refractivity contribution < 1.29 is 14.3 Å². The summed E-state index contributed by atoms with van der Waals surface area (Å²) in [4.78, 5) is 21.8. The zero-order chi connectivity index (χ0) is 10.7. The van der Waals surface area contributed by atoms with Gasteiger partial charge in [0.05, 0.1) is 12.2 Å². The van der Waals surface area contributed by atoms with Crippen LogP contribution in [-0.4, -0.2) is 29.6 Å². The van der Waals surface area contributed by atoms with Crippen LogP contribution < -0.4 is 11.7 Å². The Balaban J connectivity index is 3.08. The smallest absolute Gasteiger partial charge is 0.318 e. The monoisotopic (exact) mass is 198 g/mol. The van der Waals surface area contributed by atoms with Crippen molar-refractivity contribution in [1.29, 1.82) is 5.41 Å². The minimum Gasteiger partial charge on any atom is -0.487 e. The molecule has 0 aromatic heterocycles. The highest BCUT2D eigenvalue weighted by molar-refractivity contribution is 6.18. The summed E-state index contributed by atoms with van der Waals surface area (Å²) in [5.41, 5.74) is -0.0430. The Morgan fingerprint density at radius 2 is 2.21 bits per heavy atom. The van der Waals surface area contributed by atoms with Crippen molar-refractivity contribution in [2.45, 2.75) is 6.42 Å². The minimum atomic E-state index is -0.823. The van der Waals surface area contributed by atoms with Crippen LogP contribution in [0.4, 0.5) is 0 Å². The first-order valence-corrected chi connectivity index (χ1v) is 3.81. The van der Waals surface area contributed by atoms with Crippen LogP contribution in [0.2, 0.25) is 0 Å². The molecule has 14 heavy (non-hydrogen) atoms. The first-order chi connectivity index (χ1) is 6.57. The topological polar surface area (TPSA) is 122 Å². The van der Waals surface area contributed by atoms with Gasteiger partial charge in [-0.2, -0.15) is 0 Å². The fourth-order valence-electron chi connectivity index (χ4n) is 1.02. The molecule has 0 saturated carbocycles. The molecule has 0 saturated heterocycles. The molecule has 0 aromatic carbocycles. The highest BCUT2D eigenvalue weighted by atomic mass is 16.5. The Labute approximate surface area is 79.7 Å². The Hall–Kier alpha value is -1.73. The summed E-state index contributed by atoms with van der Waals surface area (Å²) in [5, 5.41) is 7.71. The number of nitrogens with two attached hydrogens (primary N) is 2. The number of hydrogen-bond donors (Lipinski definition) is 3. The van der Waals surface area contributed by atoms with E-state index in [0.29, 0.717) is 17.8 Å².